The Morgan fingerprint density at radius 2 is 2.00 bits per heavy atom. The number of hydrogen-bond donors (Lipinski definition) is 1. The summed E-state index contributed by atoms with van der Waals surface area (Å²) in [6.07, 6.45) is 5.42. The molecule has 0 aliphatic heterocycles. The number of allylic oxidation sites excluding steroid dienone is 3. The lowest BCUT2D eigenvalue weighted by Crippen LogP contribution is -2.09. The van der Waals surface area contributed by atoms with E-state index in [1.54, 1.807) is 0 Å². The maximum Gasteiger partial charge on any atom is 0.268 e. The molecule has 1 rings (SSSR count). The standard InChI is InChI=1S/C10H16O3S/c1-8(2)10-5-3-9(4-6-10)7-14(11,12)13/h3,6,8H,4-5,7H2,1-2H3,(H,11,12,13). The average molecular weight is 216 g/mol. The van der Waals surface area contributed by atoms with Crippen molar-refractivity contribution in [2.75, 3.05) is 5.75 Å². The van der Waals surface area contributed by atoms with Crippen LogP contribution in [0.25, 0.3) is 0 Å². The lowest BCUT2D eigenvalue weighted by molar-refractivity contribution is 0.485. The highest BCUT2D eigenvalue weighted by molar-refractivity contribution is 7.85. The molecule has 14 heavy (non-hydrogen) atoms. The summed E-state index contributed by atoms with van der Waals surface area (Å²) in [4.78, 5) is 0. The number of rotatable bonds is 3. The van der Waals surface area contributed by atoms with Crippen LogP contribution in [0.2, 0.25) is 0 Å². The van der Waals surface area contributed by atoms with Gasteiger partial charge in [-0.3, -0.25) is 4.55 Å². The van der Waals surface area contributed by atoms with Crippen molar-refractivity contribution < 1.29 is 13.0 Å². The molecule has 0 aromatic rings. The maximum atomic E-state index is 10.6. The lowest BCUT2D eigenvalue weighted by Gasteiger charge is -2.15. The monoisotopic (exact) mass is 216 g/mol. The van der Waals surface area contributed by atoms with Gasteiger partial charge in [-0.2, -0.15) is 8.42 Å². The second-order valence-corrected chi connectivity index (χ2v) is 5.38. The minimum atomic E-state index is -3.86. The number of hydrogen-bond acceptors (Lipinski definition) is 2. The fraction of sp³-hybridized carbons (Fsp3) is 0.600. The topological polar surface area (TPSA) is 54.4 Å². The predicted octanol–water partition coefficient (Wildman–Crippen LogP) is 2.18. The summed E-state index contributed by atoms with van der Waals surface area (Å²) < 4.78 is 29.9. The van der Waals surface area contributed by atoms with Gasteiger partial charge in [0.15, 0.2) is 0 Å². The third kappa shape index (κ3) is 3.64. The Morgan fingerprint density at radius 1 is 1.36 bits per heavy atom. The molecule has 1 aliphatic carbocycles. The second-order valence-electron chi connectivity index (χ2n) is 3.93. The predicted molar refractivity (Wildman–Crippen MR) is 56.7 cm³/mol. The van der Waals surface area contributed by atoms with E-state index in [0.717, 1.165) is 12.0 Å². The minimum absolute atomic E-state index is 0.227. The van der Waals surface area contributed by atoms with Gasteiger partial charge in [-0.25, -0.2) is 0 Å². The van der Waals surface area contributed by atoms with Crippen LogP contribution in [0.4, 0.5) is 0 Å². The summed E-state index contributed by atoms with van der Waals surface area (Å²) in [5, 5.41) is 0. The summed E-state index contributed by atoms with van der Waals surface area (Å²) in [6, 6.07) is 0. The molecule has 0 saturated heterocycles. The van der Waals surface area contributed by atoms with Gasteiger partial charge in [0.2, 0.25) is 0 Å². The van der Waals surface area contributed by atoms with E-state index in [1.165, 1.54) is 5.57 Å². The van der Waals surface area contributed by atoms with E-state index in [2.05, 4.69) is 19.9 Å². The van der Waals surface area contributed by atoms with Gasteiger partial charge >= 0.3 is 0 Å². The molecular weight excluding hydrogens is 200 g/mol. The fourth-order valence-electron chi connectivity index (χ4n) is 1.51. The van der Waals surface area contributed by atoms with E-state index in [1.807, 2.05) is 6.08 Å². The highest BCUT2D eigenvalue weighted by Crippen LogP contribution is 2.23. The Balaban J connectivity index is 2.58. The quantitative estimate of drug-likeness (QED) is 0.581. The van der Waals surface area contributed by atoms with Crippen molar-refractivity contribution >= 4 is 10.1 Å². The minimum Gasteiger partial charge on any atom is -0.285 e. The van der Waals surface area contributed by atoms with Crippen LogP contribution in [-0.4, -0.2) is 18.7 Å². The van der Waals surface area contributed by atoms with E-state index in [0.29, 0.717) is 12.3 Å². The summed E-state index contributed by atoms with van der Waals surface area (Å²) in [5.74, 6) is 0.285. The van der Waals surface area contributed by atoms with Crippen molar-refractivity contribution in [1.82, 2.24) is 0 Å². The van der Waals surface area contributed by atoms with Crippen molar-refractivity contribution in [3.8, 4) is 0 Å². The first-order valence-corrected chi connectivity index (χ1v) is 6.31. The third-order valence-electron chi connectivity index (χ3n) is 2.36. The molecule has 3 nitrogen and oxygen atoms in total. The highest BCUT2D eigenvalue weighted by Gasteiger charge is 2.13. The van der Waals surface area contributed by atoms with Crippen LogP contribution in [0.15, 0.2) is 23.3 Å². The zero-order valence-corrected chi connectivity index (χ0v) is 9.34. The molecule has 0 atom stereocenters. The van der Waals surface area contributed by atoms with Crippen LogP contribution in [0.1, 0.15) is 26.7 Å². The first-order chi connectivity index (χ1) is 6.38. The molecule has 80 valence electrons. The smallest absolute Gasteiger partial charge is 0.268 e. The van der Waals surface area contributed by atoms with Gasteiger partial charge in [0.1, 0.15) is 0 Å². The summed E-state index contributed by atoms with van der Waals surface area (Å²) in [6.45, 7) is 4.24. The maximum absolute atomic E-state index is 10.6. The third-order valence-corrected chi connectivity index (χ3v) is 3.10. The Hall–Kier alpha value is -0.610. The van der Waals surface area contributed by atoms with Crippen molar-refractivity contribution in [3.05, 3.63) is 23.3 Å². The average Bonchev–Trinajstić information content (AvgIpc) is 2.02. The molecule has 0 bridgehead atoms. The van der Waals surface area contributed by atoms with Crippen molar-refractivity contribution in [1.29, 1.82) is 0 Å². The van der Waals surface area contributed by atoms with E-state index in [-0.39, 0.29) is 5.75 Å². The van der Waals surface area contributed by atoms with Crippen molar-refractivity contribution in [3.63, 3.8) is 0 Å². The first kappa shape index (κ1) is 11.5. The van der Waals surface area contributed by atoms with Gasteiger partial charge in [-0.05, 0) is 18.8 Å². The van der Waals surface area contributed by atoms with Gasteiger partial charge in [0.25, 0.3) is 10.1 Å². The zero-order chi connectivity index (χ0) is 10.8. The van der Waals surface area contributed by atoms with Gasteiger partial charge in [-0.15, -0.1) is 0 Å². The molecule has 0 saturated carbocycles. The molecule has 4 heteroatoms. The normalized spacial score (nSPS) is 18.0. The first-order valence-electron chi connectivity index (χ1n) is 4.70. The Kier molecular flexibility index (Phi) is 3.50. The SMILES string of the molecule is CC(C)C1=CCC(CS(=O)(=O)O)=CC1. The van der Waals surface area contributed by atoms with Crippen LogP contribution in [0, 0.1) is 5.92 Å². The summed E-state index contributed by atoms with van der Waals surface area (Å²) in [7, 11) is -3.86. The molecule has 0 heterocycles. The van der Waals surface area contributed by atoms with E-state index in [9.17, 15) is 8.42 Å². The van der Waals surface area contributed by atoms with Gasteiger partial charge < -0.3 is 0 Å². The van der Waals surface area contributed by atoms with Gasteiger partial charge in [-0.1, -0.05) is 37.1 Å². The molecule has 0 unspecified atom stereocenters. The van der Waals surface area contributed by atoms with E-state index < -0.39 is 10.1 Å². The van der Waals surface area contributed by atoms with Crippen molar-refractivity contribution in [2.45, 2.75) is 26.7 Å². The Labute approximate surface area is 85.3 Å². The zero-order valence-electron chi connectivity index (χ0n) is 8.53. The highest BCUT2D eigenvalue weighted by atomic mass is 32.2. The molecule has 0 fully saturated rings. The lowest BCUT2D eigenvalue weighted by atomic mass is 9.93. The van der Waals surface area contributed by atoms with Gasteiger partial charge in [0, 0.05) is 0 Å². The summed E-state index contributed by atoms with van der Waals surface area (Å²) >= 11 is 0. The van der Waals surface area contributed by atoms with Crippen LogP contribution >= 0.6 is 0 Å². The van der Waals surface area contributed by atoms with E-state index in [4.69, 9.17) is 4.55 Å². The van der Waals surface area contributed by atoms with Crippen LogP contribution in [0.5, 0.6) is 0 Å². The summed E-state index contributed by atoms with van der Waals surface area (Å²) in [5.41, 5.74) is 2.13. The van der Waals surface area contributed by atoms with Crippen LogP contribution in [0.3, 0.4) is 0 Å². The van der Waals surface area contributed by atoms with Crippen LogP contribution < -0.4 is 0 Å². The fourth-order valence-corrected chi connectivity index (χ4v) is 2.22. The molecule has 0 aromatic carbocycles. The van der Waals surface area contributed by atoms with Crippen molar-refractivity contribution in [2.24, 2.45) is 5.92 Å². The molecule has 0 aromatic heterocycles. The second kappa shape index (κ2) is 4.28. The van der Waals surface area contributed by atoms with Crippen LogP contribution in [-0.2, 0) is 10.1 Å². The van der Waals surface area contributed by atoms with E-state index >= 15 is 0 Å². The van der Waals surface area contributed by atoms with Gasteiger partial charge in [0.05, 0.1) is 5.75 Å². The molecule has 1 aliphatic rings. The molecule has 0 spiro atoms. The molecular formula is C10H16O3S. The molecule has 1 N–H and O–H groups in total. The Bertz CT molecular complexity index is 361. The Morgan fingerprint density at radius 3 is 2.36 bits per heavy atom. The largest absolute Gasteiger partial charge is 0.285 e. The molecule has 0 amide bonds. The molecule has 0 radical (unpaired) electrons.